The van der Waals surface area contributed by atoms with Crippen LogP contribution in [-0.2, 0) is 13.0 Å². The van der Waals surface area contributed by atoms with E-state index in [9.17, 15) is 4.39 Å². The molecule has 0 radical (unpaired) electrons. The molecule has 3 nitrogen and oxygen atoms in total. The zero-order chi connectivity index (χ0) is 14.4. The first-order valence-electron chi connectivity index (χ1n) is 6.35. The molecule has 0 bridgehead atoms. The van der Waals surface area contributed by atoms with E-state index >= 15 is 0 Å². The Balaban J connectivity index is 1.91. The lowest BCUT2D eigenvalue weighted by Gasteiger charge is -2.08. The number of nitrogens with one attached hydrogen (secondary N) is 1. The van der Waals surface area contributed by atoms with Gasteiger partial charge in [0, 0.05) is 6.54 Å². The van der Waals surface area contributed by atoms with E-state index in [-0.39, 0.29) is 6.61 Å². The molecule has 102 valence electrons. The standard InChI is InChI=1S/C16H15FN2O/c17-15-9-14(10-18)5-6-16(15)19-8-7-12-1-3-13(11-20)4-2-12/h1-6,9,19-20H,7-8,11H2. The van der Waals surface area contributed by atoms with Gasteiger partial charge in [-0.3, -0.25) is 0 Å². The van der Waals surface area contributed by atoms with Crippen LogP contribution < -0.4 is 5.32 Å². The Hall–Kier alpha value is -2.38. The van der Waals surface area contributed by atoms with Gasteiger partial charge in [-0.25, -0.2) is 4.39 Å². The minimum atomic E-state index is -0.417. The minimum Gasteiger partial charge on any atom is -0.392 e. The molecule has 0 fully saturated rings. The van der Waals surface area contributed by atoms with Crippen LogP contribution in [0.15, 0.2) is 42.5 Å². The van der Waals surface area contributed by atoms with E-state index < -0.39 is 5.82 Å². The Morgan fingerprint density at radius 3 is 2.40 bits per heavy atom. The number of aliphatic hydroxyl groups is 1. The van der Waals surface area contributed by atoms with E-state index in [0.29, 0.717) is 17.8 Å². The summed E-state index contributed by atoms with van der Waals surface area (Å²) in [7, 11) is 0. The van der Waals surface area contributed by atoms with Crippen molar-refractivity contribution < 1.29 is 9.50 Å². The average molecular weight is 270 g/mol. The van der Waals surface area contributed by atoms with Crippen molar-refractivity contribution in [3.8, 4) is 6.07 Å². The Bertz CT molecular complexity index is 617. The van der Waals surface area contributed by atoms with Crippen molar-refractivity contribution in [2.75, 3.05) is 11.9 Å². The largest absolute Gasteiger partial charge is 0.392 e. The van der Waals surface area contributed by atoms with Crippen LogP contribution in [0.4, 0.5) is 10.1 Å². The topological polar surface area (TPSA) is 56.0 Å². The van der Waals surface area contributed by atoms with Gasteiger partial charge in [0.1, 0.15) is 5.82 Å². The molecule has 0 aliphatic carbocycles. The molecule has 0 atom stereocenters. The van der Waals surface area contributed by atoms with Crippen molar-refractivity contribution in [3.63, 3.8) is 0 Å². The molecule has 2 aromatic carbocycles. The Morgan fingerprint density at radius 1 is 1.10 bits per heavy atom. The molecule has 0 spiro atoms. The molecule has 4 heteroatoms. The summed E-state index contributed by atoms with van der Waals surface area (Å²) in [6.07, 6.45) is 0.755. The van der Waals surface area contributed by atoms with Crippen molar-refractivity contribution in [3.05, 3.63) is 65.0 Å². The molecular formula is C16H15FN2O. The molecule has 0 aliphatic rings. The monoisotopic (exact) mass is 270 g/mol. The number of aliphatic hydroxyl groups excluding tert-OH is 1. The predicted molar refractivity (Wildman–Crippen MR) is 75.7 cm³/mol. The van der Waals surface area contributed by atoms with Crippen LogP contribution in [0.1, 0.15) is 16.7 Å². The average Bonchev–Trinajstić information content (AvgIpc) is 2.49. The van der Waals surface area contributed by atoms with Gasteiger partial charge in [0.25, 0.3) is 0 Å². The number of rotatable bonds is 5. The van der Waals surface area contributed by atoms with E-state index in [1.54, 1.807) is 12.1 Å². The van der Waals surface area contributed by atoms with Crippen molar-refractivity contribution >= 4 is 5.69 Å². The second-order valence-corrected chi connectivity index (χ2v) is 4.46. The molecule has 0 amide bonds. The third kappa shape index (κ3) is 3.56. The molecular weight excluding hydrogens is 255 g/mol. The fraction of sp³-hybridized carbons (Fsp3) is 0.188. The first-order valence-corrected chi connectivity index (χ1v) is 6.35. The predicted octanol–water partition coefficient (Wildman–Crippen LogP) is 2.84. The SMILES string of the molecule is N#Cc1ccc(NCCc2ccc(CO)cc2)c(F)c1. The van der Waals surface area contributed by atoms with Crippen LogP contribution in [0.3, 0.4) is 0 Å². The molecule has 2 N–H and O–H groups in total. The van der Waals surface area contributed by atoms with E-state index in [2.05, 4.69) is 5.32 Å². The molecule has 0 saturated heterocycles. The van der Waals surface area contributed by atoms with Crippen LogP contribution in [-0.4, -0.2) is 11.7 Å². The lowest BCUT2D eigenvalue weighted by molar-refractivity contribution is 0.282. The quantitative estimate of drug-likeness (QED) is 0.878. The van der Waals surface area contributed by atoms with Gasteiger partial charge in [0.15, 0.2) is 0 Å². The summed E-state index contributed by atoms with van der Waals surface area (Å²) >= 11 is 0. The van der Waals surface area contributed by atoms with Gasteiger partial charge < -0.3 is 10.4 Å². The number of hydrogen-bond donors (Lipinski definition) is 2. The maximum absolute atomic E-state index is 13.6. The first-order chi connectivity index (χ1) is 9.72. The van der Waals surface area contributed by atoms with Crippen molar-refractivity contribution in [1.82, 2.24) is 0 Å². The highest BCUT2D eigenvalue weighted by atomic mass is 19.1. The van der Waals surface area contributed by atoms with Crippen LogP contribution in [0.2, 0.25) is 0 Å². The number of halogens is 1. The highest BCUT2D eigenvalue weighted by Gasteiger charge is 2.03. The number of benzene rings is 2. The molecule has 0 saturated carbocycles. The molecule has 0 heterocycles. The summed E-state index contributed by atoms with van der Waals surface area (Å²) in [5.74, 6) is -0.417. The van der Waals surface area contributed by atoms with Crippen molar-refractivity contribution in [1.29, 1.82) is 5.26 Å². The molecule has 0 unspecified atom stereocenters. The maximum Gasteiger partial charge on any atom is 0.147 e. The summed E-state index contributed by atoms with van der Waals surface area (Å²) in [5.41, 5.74) is 2.70. The Labute approximate surface area is 117 Å². The van der Waals surface area contributed by atoms with Crippen LogP contribution >= 0.6 is 0 Å². The van der Waals surface area contributed by atoms with Gasteiger partial charge >= 0.3 is 0 Å². The normalized spacial score (nSPS) is 10.1. The summed E-state index contributed by atoms with van der Waals surface area (Å²) in [6, 6.07) is 13.9. The highest BCUT2D eigenvalue weighted by Crippen LogP contribution is 2.15. The summed E-state index contributed by atoms with van der Waals surface area (Å²) in [5, 5.41) is 20.6. The van der Waals surface area contributed by atoms with E-state index in [4.69, 9.17) is 10.4 Å². The van der Waals surface area contributed by atoms with E-state index in [1.807, 2.05) is 30.3 Å². The van der Waals surface area contributed by atoms with Crippen LogP contribution in [0.25, 0.3) is 0 Å². The van der Waals surface area contributed by atoms with Gasteiger partial charge in [-0.05, 0) is 35.7 Å². The molecule has 2 rings (SSSR count). The Kier molecular flexibility index (Phi) is 4.70. The minimum absolute atomic E-state index is 0.0367. The lowest BCUT2D eigenvalue weighted by atomic mass is 10.1. The third-order valence-corrected chi connectivity index (χ3v) is 3.03. The van der Waals surface area contributed by atoms with Crippen LogP contribution in [0.5, 0.6) is 0 Å². The summed E-state index contributed by atoms with van der Waals surface area (Å²) in [4.78, 5) is 0. The Morgan fingerprint density at radius 2 is 1.80 bits per heavy atom. The fourth-order valence-electron chi connectivity index (χ4n) is 1.88. The highest BCUT2D eigenvalue weighted by molar-refractivity contribution is 5.48. The molecule has 0 aliphatic heterocycles. The van der Waals surface area contributed by atoms with Gasteiger partial charge in [-0.2, -0.15) is 5.26 Å². The zero-order valence-electron chi connectivity index (χ0n) is 10.9. The first kappa shape index (κ1) is 14.0. The fourth-order valence-corrected chi connectivity index (χ4v) is 1.88. The molecule has 20 heavy (non-hydrogen) atoms. The van der Waals surface area contributed by atoms with Gasteiger partial charge in [-0.15, -0.1) is 0 Å². The number of hydrogen-bond acceptors (Lipinski definition) is 3. The van der Waals surface area contributed by atoms with E-state index in [1.165, 1.54) is 6.07 Å². The molecule has 2 aromatic rings. The zero-order valence-corrected chi connectivity index (χ0v) is 10.9. The third-order valence-electron chi connectivity index (χ3n) is 3.03. The maximum atomic E-state index is 13.6. The van der Waals surface area contributed by atoms with Gasteiger partial charge in [-0.1, -0.05) is 24.3 Å². The smallest absolute Gasteiger partial charge is 0.147 e. The second-order valence-electron chi connectivity index (χ2n) is 4.46. The van der Waals surface area contributed by atoms with E-state index in [0.717, 1.165) is 17.5 Å². The summed E-state index contributed by atoms with van der Waals surface area (Å²) < 4.78 is 13.6. The number of anilines is 1. The van der Waals surface area contributed by atoms with Crippen LogP contribution in [0, 0.1) is 17.1 Å². The van der Waals surface area contributed by atoms with Gasteiger partial charge in [0.05, 0.1) is 23.9 Å². The second kappa shape index (κ2) is 6.69. The van der Waals surface area contributed by atoms with Crippen molar-refractivity contribution in [2.24, 2.45) is 0 Å². The van der Waals surface area contributed by atoms with Crippen molar-refractivity contribution in [2.45, 2.75) is 13.0 Å². The number of nitrogens with zero attached hydrogens (tertiary/aromatic N) is 1. The molecule has 0 aromatic heterocycles. The lowest BCUT2D eigenvalue weighted by Crippen LogP contribution is -2.06. The number of nitriles is 1. The summed E-state index contributed by atoms with van der Waals surface area (Å²) in [6.45, 7) is 0.635. The van der Waals surface area contributed by atoms with Gasteiger partial charge in [0.2, 0.25) is 0 Å².